The van der Waals surface area contributed by atoms with E-state index >= 15 is 0 Å². The third-order valence-electron chi connectivity index (χ3n) is 6.96. The average Bonchev–Trinajstić information content (AvgIpc) is 3.12. The molecule has 0 bridgehead atoms. The second-order valence-electron chi connectivity index (χ2n) is 10.6. The Balaban J connectivity index is 1.73. The van der Waals surface area contributed by atoms with E-state index in [1.807, 2.05) is 0 Å². The number of nitrogens with zero attached hydrogens (tertiary/aromatic N) is 2. The monoisotopic (exact) mass is 531 g/mol. The number of hydrogen-bond acceptors (Lipinski definition) is 5. The van der Waals surface area contributed by atoms with Crippen LogP contribution >= 0.6 is 0 Å². The molecule has 1 N–H and O–H groups in total. The summed E-state index contributed by atoms with van der Waals surface area (Å²) in [5, 5.41) is 2.06. The van der Waals surface area contributed by atoms with Crippen LogP contribution in [0.5, 0.6) is 0 Å². The Hall–Kier alpha value is -2.14. The first kappa shape index (κ1) is 28.4. The lowest BCUT2D eigenvalue weighted by atomic mass is 9.91. The minimum Gasteiger partial charge on any atom is -0.340 e. The molecule has 3 rings (SSSR count). The van der Waals surface area contributed by atoms with Gasteiger partial charge in [0.15, 0.2) is 9.84 Å². The van der Waals surface area contributed by atoms with Gasteiger partial charge < -0.3 is 15.1 Å². The molecular formula is C25H36F3N3O4S. The number of carbonyl (C=O) groups excluding carboxylic acids is 2. The van der Waals surface area contributed by atoms with Gasteiger partial charge in [0.1, 0.15) is 6.04 Å². The van der Waals surface area contributed by atoms with E-state index in [0.717, 1.165) is 31.3 Å². The first-order valence-corrected chi connectivity index (χ1v) is 14.1. The molecule has 11 heteroatoms. The number of halogens is 3. The van der Waals surface area contributed by atoms with Crippen molar-refractivity contribution in [2.24, 2.45) is 11.8 Å². The molecule has 1 aromatic rings. The number of alkyl halides is 3. The van der Waals surface area contributed by atoms with Crippen molar-refractivity contribution in [1.82, 2.24) is 15.1 Å². The number of rotatable bonds is 8. The molecule has 1 aromatic carbocycles. The normalized spacial score (nSPS) is 24.1. The van der Waals surface area contributed by atoms with Gasteiger partial charge in [-0.05, 0) is 50.8 Å². The number of hydrogen-bond donors (Lipinski definition) is 1. The number of benzene rings is 1. The first-order chi connectivity index (χ1) is 16.7. The summed E-state index contributed by atoms with van der Waals surface area (Å²) >= 11 is 0. The van der Waals surface area contributed by atoms with Crippen molar-refractivity contribution in [1.29, 1.82) is 0 Å². The van der Waals surface area contributed by atoms with Gasteiger partial charge in [-0.1, -0.05) is 19.9 Å². The zero-order chi connectivity index (χ0) is 26.8. The second kappa shape index (κ2) is 11.1. The fourth-order valence-corrected chi connectivity index (χ4v) is 6.40. The molecule has 2 amide bonds. The lowest BCUT2D eigenvalue weighted by Crippen LogP contribution is -2.55. The quantitative estimate of drug-likeness (QED) is 0.557. The maximum atomic E-state index is 13.3. The Bertz CT molecular complexity index is 1060. The van der Waals surface area contributed by atoms with Gasteiger partial charge in [0, 0.05) is 43.7 Å². The highest BCUT2D eigenvalue weighted by Gasteiger charge is 2.43. The van der Waals surface area contributed by atoms with Crippen LogP contribution in [-0.4, -0.2) is 79.3 Å². The highest BCUT2D eigenvalue weighted by Crippen LogP contribution is 2.31. The SMILES string of the molecule is CC(C)CN1CC[C@H](N2CC[C@H](NC(=O)c3cccc(C(F)(F)F)c3)C2=O)[C@H](CS(=O)(=O)C(C)C)C1. The van der Waals surface area contributed by atoms with Crippen molar-refractivity contribution in [3.8, 4) is 0 Å². The summed E-state index contributed by atoms with van der Waals surface area (Å²) < 4.78 is 64.6. The van der Waals surface area contributed by atoms with Gasteiger partial charge in [-0.2, -0.15) is 13.2 Å². The zero-order valence-electron chi connectivity index (χ0n) is 21.2. The lowest BCUT2D eigenvalue weighted by Gasteiger charge is -2.43. The number of amides is 2. The van der Waals surface area contributed by atoms with Gasteiger partial charge in [-0.3, -0.25) is 9.59 Å². The van der Waals surface area contributed by atoms with Crippen LogP contribution in [0.1, 0.15) is 56.5 Å². The summed E-state index contributed by atoms with van der Waals surface area (Å²) in [6, 6.07) is 2.96. The third kappa shape index (κ3) is 6.79. The predicted molar refractivity (Wildman–Crippen MR) is 131 cm³/mol. The number of carbonyl (C=O) groups is 2. The molecule has 0 aliphatic carbocycles. The molecule has 2 aliphatic rings. The molecule has 0 radical (unpaired) electrons. The van der Waals surface area contributed by atoms with Gasteiger partial charge >= 0.3 is 6.18 Å². The van der Waals surface area contributed by atoms with Crippen LogP contribution in [0.2, 0.25) is 0 Å². The molecule has 0 unspecified atom stereocenters. The van der Waals surface area contributed by atoms with Crippen molar-refractivity contribution in [2.75, 3.05) is 31.9 Å². The van der Waals surface area contributed by atoms with Crippen LogP contribution in [-0.2, 0) is 20.8 Å². The minimum atomic E-state index is -4.58. The van der Waals surface area contributed by atoms with E-state index in [1.165, 1.54) is 6.07 Å². The molecule has 0 aromatic heterocycles. The standard InChI is InChI=1S/C25H36F3N3O4S/c1-16(2)13-30-10-9-22(19(14-30)15-36(34,35)17(3)4)31-11-8-21(24(31)33)29-23(32)18-6-5-7-20(12-18)25(26,27)28/h5-7,12,16-17,19,21-22H,8-11,13-15H2,1-4H3,(H,29,32)/t19-,21-,22-/m0/s1. The number of likely N-dealkylation sites (tertiary alicyclic amines) is 2. The number of nitrogens with one attached hydrogen (secondary N) is 1. The van der Waals surface area contributed by atoms with E-state index in [9.17, 15) is 31.2 Å². The molecule has 2 heterocycles. The summed E-state index contributed by atoms with van der Waals surface area (Å²) in [6.07, 6.45) is -3.63. The Morgan fingerprint density at radius 1 is 1.14 bits per heavy atom. The highest BCUT2D eigenvalue weighted by atomic mass is 32.2. The maximum Gasteiger partial charge on any atom is 0.416 e. The van der Waals surface area contributed by atoms with Crippen molar-refractivity contribution >= 4 is 21.7 Å². The van der Waals surface area contributed by atoms with E-state index in [-0.39, 0.29) is 29.2 Å². The van der Waals surface area contributed by atoms with Gasteiger partial charge in [-0.25, -0.2) is 8.42 Å². The Labute approximate surface area is 211 Å². The maximum absolute atomic E-state index is 13.3. The van der Waals surface area contributed by atoms with Crippen LogP contribution in [0, 0.1) is 11.8 Å². The van der Waals surface area contributed by atoms with Crippen molar-refractivity contribution in [3.05, 3.63) is 35.4 Å². The summed E-state index contributed by atoms with van der Waals surface area (Å²) in [5.74, 6) is -0.911. The van der Waals surface area contributed by atoms with Gasteiger partial charge in [-0.15, -0.1) is 0 Å². The summed E-state index contributed by atoms with van der Waals surface area (Å²) in [4.78, 5) is 29.8. The molecule has 202 valence electrons. The molecule has 7 nitrogen and oxygen atoms in total. The highest BCUT2D eigenvalue weighted by molar-refractivity contribution is 7.91. The minimum absolute atomic E-state index is 0.0189. The van der Waals surface area contributed by atoms with E-state index in [2.05, 4.69) is 24.1 Å². The largest absolute Gasteiger partial charge is 0.416 e. The van der Waals surface area contributed by atoms with Crippen molar-refractivity contribution < 1.29 is 31.2 Å². The molecule has 0 spiro atoms. The lowest BCUT2D eigenvalue weighted by molar-refractivity contribution is -0.137. The number of piperidine rings is 1. The molecule has 36 heavy (non-hydrogen) atoms. The van der Waals surface area contributed by atoms with E-state index < -0.39 is 38.8 Å². The Morgan fingerprint density at radius 2 is 1.83 bits per heavy atom. The van der Waals surface area contributed by atoms with Crippen LogP contribution < -0.4 is 5.32 Å². The van der Waals surface area contributed by atoms with Gasteiger partial charge in [0.05, 0.1) is 16.6 Å². The van der Waals surface area contributed by atoms with Gasteiger partial charge in [0.2, 0.25) is 5.91 Å². The topological polar surface area (TPSA) is 86.8 Å². The van der Waals surface area contributed by atoms with E-state index in [0.29, 0.717) is 31.8 Å². The fourth-order valence-electron chi connectivity index (χ4n) is 5.09. The third-order valence-corrected chi connectivity index (χ3v) is 9.29. The Morgan fingerprint density at radius 3 is 2.44 bits per heavy atom. The summed E-state index contributed by atoms with van der Waals surface area (Å²) in [6.45, 7) is 10.0. The summed E-state index contributed by atoms with van der Waals surface area (Å²) in [7, 11) is -3.34. The zero-order valence-corrected chi connectivity index (χ0v) is 22.0. The van der Waals surface area contributed by atoms with E-state index in [1.54, 1.807) is 18.7 Å². The smallest absolute Gasteiger partial charge is 0.340 e. The second-order valence-corrected chi connectivity index (χ2v) is 13.2. The fraction of sp³-hybridized carbons (Fsp3) is 0.680. The predicted octanol–water partition coefficient (Wildman–Crippen LogP) is 3.21. The van der Waals surface area contributed by atoms with Crippen LogP contribution in [0.4, 0.5) is 13.2 Å². The average molecular weight is 532 g/mol. The molecule has 2 saturated heterocycles. The number of sulfone groups is 1. The Kier molecular flexibility index (Phi) is 8.75. The van der Waals surface area contributed by atoms with E-state index in [4.69, 9.17) is 0 Å². The van der Waals surface area contributed by atoms with Crippen molar-refractivity contribution in [2.45, 2.75) is 64.0 Å². The molecule has 0 saturated carbocycles. The van der Waals surface area contributed by atoms with Crippen LogP contribution in [0.25, 0.3) is 0 Å². The van der Waals surface area contributed by atoms with Crippen LogP contribution in [0.15, 0.2) is 24.3 Å². The molecule has 2 aliphatic heterocycles. The molecule has 2 fully saturated rings. The molecular weight excluding hydrogens is 495 g/mol. The summed E-state index contributed by atoms with van der Waals surface area (Å²) in [5.41, 5.74) is -1.10. The van der Waals surface area contributed by atoms with Gasteiger partial charge in [0.25, 0.3) is 5.91 Å². The van der Waals surface area contributed by atoms with Crippen LogP contribution in [0.3, 0.4) is 0 Å². The van der Waals surface area contributed by atoms with Crippen molar-refractivity contribution in [3.63, 3.8) is 0 Å². The molecule has 3 atom stereocenters. The first-order valence-electron chi connectivity index (χ1n) is 12.4.